The molecule has 0 aromatic heterocycles. The average Bonchev–Trinajstić information content (AvgIpc) is 3.01. The van der Waals surface area contributed by atoms with Gasteiger partial charge in [-0.1, -0.05) is 12.1 Å². The molecular weight excluding hydrogens is 208 g/mol. The maximum atomic E-state index is 3.45. The minimum absolute atomic E-state index is 0.851. The maximum Gasteiger partial charge on any atom is 0.0368 e. The van der Waals surface area contributed by atoms with Crippen LogP contribution in [0, 0.1) is 5.92 Å². The average molecular weight is 230 g/mol. The van der Waals surface area contributed by atoms with Gasteiger partial charge >= 0.3 is 0 Å². The van der Waals surface area contributed by atoms with E-state index in [1.807, 2.05) is 0 Å². The number of rotatable bonds is 3. The summed E-state index contributed by atoms with van der Waals surface area (Å²) in [5, 5.41) is 3.45. The molecule has 0 saturated carbocycles. The zero-order valence-electron chi connectivity index (χ0n) is 10.5. The summed E-state index contributed by atoms with van der Waals surface area (Å²) < 4.78 is 0. The highest BCUT2D eigenvalue weighted by atomic mass is 15.1. The number of hydrogen-bond acceptors (Lipinski definition) is 2. The second-order valence-electron chi connectivity index (χ2n) is 5.43. The van der Waals surface area contributed by atoms with E-state index in [1.54, 1.807) is 0 Å². The first-order valence-electron chi connectivity index (χ1n) is 6.96. The van der Waals surface area contributed by atoms with Crippen molar-refractivity contribution in [2.75, 3.05) is 31.1 Å². The van der Waals surface area contributed by atoms with Gasteiger partial charge in [0.15, 0.2) is 0 Å². The van der Waals surface area contributed by atoms with Gasteiger partial charge in [-0.25, -0.2) is 0 Å². The van der Waals surface area contributed by atoms with Gasteiger partial charge in [0, 0.05) is 18.8 Å². The van der Waals surface area contributed by atoms with E-state index in [-0.39, 0.29) is 0 Å². The number of benzene rings is 1. The number of anilines is 1. The first kappa shape index (κ1) is 11.1. The fourth-order valence-corrected chi connectivity index (χ4v) is 3.08. The molecule has 1 unspecified atom stereocenters. The van der Waals surface area contributed by atoms with E-state index in [1.165, 1.54) is 63.1 Å². The van der Waals surface area contributed by atoms with Gasteiger partial charge in [0.1, 0.15) is 0 Å². The van der Waals surface area contributed by atoms with E-state index in [0.717, 1.165) is 5.92 Å². The van der Waals surface area contributed by atoms with Crippen LogP contribution in [0.5, 0.6) is 0 Å². The molecule has 2 heteroatoms. The third-order valence-electron chi connectivity index (χ3n) is 4.07. The van der Waals surface area contributed by atoms with Gasteiger partial charge in [-0.15, -0.1) is 0 Å². The summed E-state index contributed by atoms with van der Waals surface area (Å²) in [6, 6.07) is 9.19. The third-order valence-corrected chi connectivity index (χ3v) is 4.07. The molecule has 92 valence electrons. The van der Waals surface area contributed by atoms with Crippen LogP contribution in [0.4, 0.5) is 5.69 Å². The molecule has 2 fully saturated rings. The van der Waals surface area contributed by atoms with Crippen LogP contribution in [0.25, 0.3) is 0 Å². The number of hydrogen-bond donors (Lipinski definition) is 1. The topological polar surface area (TPSA) is 15.3 Å². The highest BCUT2D eigenvalue weighted by Gasteiger charge is 2.16. The quantitative estimate of drug-likeness (QED) is 0.858. The van der Waals surface area contributed by atoms with Crippen molar-refractivity contribution in [3.05, 3.63) is 29.8 Å². The van der Waals surface area contributed by atoms with Crippen molar-refractivity contribution in [2.24, 2.45) is 5.92 Å². The van der Waals surface area contributed by atoms with Crippen molar-refractivity contribution >= 4 is 5.69 Å². The molecule has 2 nitrogen and oxygen atoms in total. The van der Waals surface area contributed by atoms with E-state index in [0.29, 0.717) is 0 Å². The lowest BCUT2D eigenvalue weighted by molar-refractivity contribution is 0.580. The fourth-order valence-electron chi connectivity index (χ4n) is 3.08. The molecule has 1 aromatic carbocycles. The van der Waals surface area contributed by atoms with Crippen molar-refractivity contribution < 1.29 is 0 Å². The molecular formula is C15H22N2. The van der Waals surface area contributed by atoms with E-state index >= 15 is 0 Å². The SMILES string of the molecule is c1cc(CC2CCNC2)cc(N2CCCC2)c1. The molecule has 2 saturated heterocycles. The third kappa shape index (κ3) is 2.63. The Labute approximate surface area is 104 Å². The van der Waals surface area contributed by atoms with Crippen LogP contribution < -0.4 is 10.2 Å². The Morgan fingerprint density at radius 3 is 2.88 bits per heavy atom. The molecule has 0 spiro atoms. The Balaban J connectivity index is 1.69. The summed E-state index contributed by atoms with van der Waals surface area (Å²) in [7, 11) is 0. The van der Waals surface area contributed by atoms with Crippen molar-refractivity contribution in [3.63, 3.8) is 0 Å². The smallest absolute Gasteiger partial charge is 0.0368 e. The zero-order valence-corrected chi connectivity index (χ0v) is 10.5. The molecule has 1 atom stereocenters. The Hall–Kier alpha value is -1.02. The van der Waals surface area contributed by atoms with E-state index in [9.17, 15) is 0 Å². The Morgan fingerprint density at radius 1 is 1.24 bits per heavy atom. The maximum absolute atomic E-state index is 3.45. The van der Waals surface area contributed by atoms with E-state index in [4.69, 9.17) is 0 Å². The van der Waals surface area contributed by atoms with Gasteiger partial charge in [0.2, 0.25) is 0 Å². The zero-order chi connectivity index (χ0) is 11.5. The van der Waals surface area contributed by atoms with Gasteiger partial charge < -0.3 is 10.2 Å². The molecule has 2 aliphatic heterocycles. The van der Waals surface area contributed by atoms with Crippen LogP contribution >= 0.6 is 0 Å². The van der Waals surface area contributed by atoms with E-state index < -0.39 is 0 Å². The first-order chi connectivity index (χ1) is 8.42. The molecule has 0 bridgehead atoms. The van der Waals surface area contributed by atoms with Crippen LogP contribution in [-0.2, 0) is 6.42 Å². The Kier molecular flexibility index (Phi) is 3.32. The van der Waals surface area contributed by atoms with Gasteiger partial charge in [0.25, 0.3) is 0 Å². The van der Waals surface area contributed by atoms with Crippen LogP contribution in [-0.4, -0.2) is 26.2 Å². The largest absolute Gasteiger partial charge is 0.372 e. The first-order valence-corrected chi connectivity index (χ1v) is 6.96. The standard InChI is InChI=1S/C15H22N2/c1-2-9-17(8-1)15-5-3-4-13(11-15)10-14-6-7-16-12-14/h3-5,11,14,16H,1-2,6-10,12H2. The summed E-state index contributed by atoms with van der Waals surface area (Å²) in [6.45, 7) is 4.90. The van der Waals surface area contributed by atoms with Crippen molar-refractivity contribution in [1.82, 2.24) is 5.32 Å². The van der Waals surface area contributed by atoms with Gasteiger partial charge in [-0.2, -0.15) is 0 Å². The molecule has 0 amide bonds. The van der Waals surface area contributed by atoms with E-state index in [2.05, 4.69) is 34.5 Å². The summed E-state index contributed by atoms with van der Waals surface area (Å²) in [4.78, 5) is 2.52. The molecule has 1 N–H and O–H groups in total. The van der Waals surface area contributed by atoms with Crippen LogP contribution in [0.3, 0.4) is 0 Å². The fraction of sp³-hybridized carbons (Fsp3) is 0.600. The van der Waals surface area contributed by atoms with Crippen LogP contribution in [0.15, 0.2) is 24.3 Å². The second kappa shape index (κ2) is 5.09. The summed E-state index contributed by atoms with van der Waals surface area (Å²) in [5.41, 5.74) is 2.95. The minimum Gasteiger partial charge on any atom is -0.372 e. The lowest BCUT2D eigenvalue weighted by Crippen LogP contribution is -2.17. The minimum atomic E-state index is 0.851. The highest BCUT2D eigenvalue weighted by molar-refractivity contribution is 5.49. The predicted octanol–water partition coefficient (Wildman–Crippen LogP) is 2.44. The van der Waals surface area contributed by atoms with Crippen LogP contribution in [0.2, 0.25) is 0 Å². The summed E-state index contributed by atoms with van der Waals surface area (Å²) in [6.07, 6.45) is 5.30. The monoisotopic (exact) mass is 230 g/mol. The predicted molar refractivity (Wildman–Crippen MR) is 72.6 cm³/mol. The van der Waals surface area contributed by atoms with Crippen LogP contribution in [0.1, 0.15) is 24.8 Å². The van der Waals surface area contributed by atoms with Crippen molar-refractivity contribution in [1.29, 1.82) is 0 Å². The lowest BCUT2D eigenvalue weighted by atomic mass is 9.98. The molecule has 1 aromatic rings. The summed E-state index contributed by atoms with van der Waals surface area (Å²) >= 11 is 0. The highest BCUT2D eigenvalue weighted by Crippen LogP contribution is 2.23. The Bertz CT molecular complexity index is 363. The summed E-state index contributed by atoms with van der Waals surface area (Å²) in [5.74, 6) is 0.851. The van der Waals surface area contributed by atoms with Crippen molar-refractivity contribution in [2.45, 2.75) is 25.7 Å². The molecule has 3 rings (SSSR count). The van der Waals surface area contributed by atoms with Gasteiger partial charge in [-0.3, -0.25) is 0 Å². The molecule has 0 radical (unpaired) electrons. The Morgan fingerprint density at radius 2 is 2.12 bits per heavy atom. The molecule has 17 heavy (non-hydrogen) atoms. The molecule has 2 heterocycles. The number of nitrogens with zero attached hydrogens (tertiary/aromatic N) is 1. The molecule has 2 aliphatic rings. The van der Waals surface area contributed by atoms with Crippen molar-refractivity contribution in [3.8, 4) is 0 Å². The van der Waals surface area contributed by atoms with Gasteiger partial charge in [-0.05, 0) is 62.4 Å². The molecule has 0 aliphatic carbocycles. The number of nitrogens with one attached hydrogen (secondary N) is 1. The lowest BCUT2D eigenvalue weighted by Gasteiger charge is -2.19. The normalized spacial score (nSPS) is 24.5. The van der Waals surface area contributed by atoms with Gasteiger partial charge in [0.05, 0.1) is 0 Å². The second-order valence-corrected chi connectivity index (χ2v) is 5.43.